The Morgan fingerprint density at radius 1 is 1.48 bits per heavy atom. The zero-order valence-corrected chi connectivity index (χ0v) is 12.9. The first-order valence-corrected chi connectivity index (χ1v) is 7.57. The molecule has 2 bridgehead atoms. The minimum Gasteiger partial charge on any atom is -0.368 e. The first kappa shape index (κ1) is 15.2. The number of carbonyl (C=O) groups is 1. The van der Waals surface area contributed by atoms with Crippen LogP contribution in [0, 0.1) is 16.7 Å². The molecule has 1 aliphatic heterocycles. The average Bonchev–Trinajstić information content (AvgIpc) is 2.72. The van der Waals surface area contributed by atoms with Crippen LogP contribution in [0.25, 0.3) is 0 Å². The summed E-state index contributed by atoms with van der Waals surface area (Å²) >= 11 is 0. The Labute approximate surface area is 125 Å². The Bertz CT molecular complexity index is 473. The lowest BCUT2D eigenvalue weighted by atomic mass is 9.53. The molecular formula is C16H24O5. The fraction of sp³-hybridized carbons (Fsp3) is 0.812. The number of hydrogen-bond acceptors (Lipinski definition) is 5. The van der Waals surface area contributed by atoms with Gasteiger partial charge in [-0.2, -0.15) is 0 Å². The molecule has 5 atom stereocenters. The number of carbonyl (C=O) groups excluding carboxylic acids is 1. The Morgan fingerprint density at radius 2 is 2.24 bits per heavy atom. The van der Waals surface area contributed by atoms with E-state index in [0.717, 1.165) is 12.0 Å². The number of aliphatic hydroxyl groups excluding tert-OH is 1. The van der Waals surface area contributed by atoms with Gasteiger partial charge in [0.05, 0.1) is 12.7 Å². The van der Waals surface area contributed by atoms with Crippen LogP contribution < -0.4 is 0 Å². The SMILES string of the molecule is COCOC[C@]1(C)C2=CC(=O)C[C@]23CC(O)O[C@@H](C3)[C@@H]1C. The first-order chi connectivity index (χ1) is 9.91. The van der Waals surface area contributed by atoms with Gasteiger partial charge in [0.25, 0.3) is 0 Å². The summed E-state index contributed by atoms with van der Waals surface area (Å²) in [5.41, 5.74) is 0.646. The number of aliphatic hydroxyl groups is 1. The zero-order valence-electron chi connectivity index (χ0n) is 12.9. The number of ketones is 1. The molecular weight excluding hydrogens is 272 g/mol. The molecule has 1 unspecified atom stereocenters. The molecule has 0 aromatic heterocycles. The minimum absolute atomic E-state index is 0.0343. The Morgan fingerprint density at radius 3 is 2.95 bits per heavy atom. The fourth-order valence-corrected chi connectivity index (χ4v) is 4.53. The topological polar surface area (TPSA) is 65.0 Å². The van der Waals surface area contributed by atoms with Crippen LogP contribution in [0.4, 0.5) is 0 Å². The van der Waals surface area contributed by atoms with E-state index in [0.29, 0.717) is 19.4 Å². The molecule has 1 saturated carbocycles. The van der Waals surface area contributed by atoms with Gasteiger partial charge < -0.3 is 19.3 Å². The maximum Gasteiger partial charge on any atom is 0.156 e. The molecule has 3 rings (SSSR count). The molecule has 1 heterocycles. The molecule has 0 radical (unpaired) electrons. The molecule has 2 aliphatic carbocycles. The van der Waals surface area contributed by atoms with Crippen LogP contribution in [-0.2, 0) is 19.0 Å². The number of methoxy groups -OCH3 is 1. The molecule has 2 fully saturated rings. The van der Waals surface area contributed by atoms with Gasteiger partial charge in [0.1, 0.15) is 6.79 Å². The number of ether oxygens (including phenoxy) is 3. The second-order valence-electron chi connectivity index (χ2n) is 6.98. The van der Waals surface area contributed by atoms with E-state index >= 15 is 0 Å². The van der Waals surface area contributed by atoms with Crippen LogP contribution in [-0.4, -0.2) is 43.8 Å². The molecule has 3 aliphatic rings. The summed E-state index contributed by atoms with van der Waals surface area (Å²) in [5, 5.41) is 10.0. The highest BCUT2D eigenvalue weighted by atomic mass is 16.7. The largest absolute Gasteiger partial charge is 0.368 e. The van der Waals surface area contributed by atoms with Crippen molar-refractivity contribution < 1.29 is 24.1 Å². The predicted octanol–water partition coefficient (Wildman–Crippen LogP) is 1.65. The van der Waals surface area contributed by atoms with Crippen molar-refractivity contribution in [2.24, 2.45) is 16.7 Å². The van der Waals surface area contributed by atoms with Crippen molar-refractivity contribution in [1.29, 1.82) is 0 Å². The van der Waals surface area contributed by atoms with E-state index < -0.39 is 6.29 Å². The van der Waals surface area contributed by atoms with E-state index in [4.69, 9.17) is 14.2 Å². The van der Waals surface area contributed by atoms with E-state index in [2.05, 4.69) is 13.8 Å². The number of hydrogen-bond donors (Lipinski definition) is 1. The van der Waals surface area contributed by atoms with Crippen LogP contribution in [0.1, 0.15) is 33.1 Å². The number of rotatable bonds is 4. The van der Waals surface area contributed by atoms with Crippen LogP contribution in [0.15, 0.2) is 11.6 Å². The van der Waals surface area contributed by atoms with Crippen molar-refractivity contribution >= 4 is 5.78 Å². The summed E-state index contributed by atoms with van der Waals surface area (Å²) in [6.07, 6.45) is 2.81. The molecule has 1 N–H and O–H groups in total. The molecule has 5 heteroatoms. The first-order valence-electron chi connectivity index (χ1n) is 7.57. The highest BCUT2D eigenvalue weighted by molar-refractivity contribution is 5.95. The molecule has 21 heavy (non-hydrogen) atoms. The molecule has 1 spiro atoms. The van der Waals surface area contributed by atoms with Gasteiger partial charge in [-0.3, -0.25) is 4.79 Å². The Kier molecular flexibility index (Phi) is 3.72. The third kappa shape index (κ3) is 2.27. The second kappa shape index (κ2) is 5.16. The molecule has 0 amide bonds. The zero-order chi connectivity index (χ0) is 15.3. The molecule has 118 valence electrons. The van der Waals surface area contributed by atoms with Crippen molar-refractivity contribution in [2.45, 2.75) is 45.5 Å². The minimum atomic E-state index is -0.773. The smallest absolute Gasteiger partial charge is 0.156 e. The van der Waals surface area contributed by atoms with E-state index in [1.165, 1.54) is 0 Å². The summed E-state index contributed by atoms with van der Waals surface area (Å²) in [7, 11) is 1.60. The summed E-state index contributed by atoms with van der Waals surface area (Å²) in [4.78, 5) is 12.1. The van der Waals surface area contributed by atoms with Crippen molar-refractivity contribution in [3.63, 3.8) is 0 Å². The van der Waals surface area contributed by atoms with Crippen LogP contribution in [0.5, 0.6) is 0 Å². The normalized spacial score (nSPS) is 45.4. The summed E-state index contributed by atoms with van der Waals surface area (Å²) in [6, 6.07) is 0. The lowest BCUT2D eigenvalue weighted by molar-refractivity contribution is -0.235. The van der Waals surface area contributed by atoms with E-state index in [1.807, 2.05) is 0 Å². The van der Waals surface area contributed by atoms with Crippen molar-refractivity contribution in [1.82, 2.24) is 0 Å². The van der Waals surface area contributed by atoms with E-state index in [-0.39, 0.29) is 35.4 Å². The van der Waals surface area contributed by atoms with Gasteiger partial charge in [0, 0.05) is 30.8 Å². The Balaban J connectivity index is 1.96. The van der Waals surface area contributed by atoms with E-state index in [1.54, 1.807) is 13.2 Å². The van der Waals surface area contributed by atoms with Gasteiger partial charge >= 0.3 is 0 Å². The molecule has 0 aromatic rings. The average molecular weight is 296 g/mol. The van der Waals surface area contributed by atoms with Gasteiger partial charge in [0.2, 0.25) is 0 Å². The van der Waals surface area contributed by atoms with Crippen molar-refractivity contribution in [2.75, 3.05) is 20.5 Å². The molecule has 1 saturated heterocycles. The van der Waals surface area contributed by atoms with Crippen molar-refractivity contribution in [3.8, 4) is 0 Å². The summed E-state index contributed by atoms with van der Waals surface area (Å²) < 4.78 is 16.4. The Hall–Kier alpha value is -0.750. The molecule has 5 nitrogen and oxygen atoms in total. The fourth-order valence-electron chi connectivity index (χ4n) is 4.53. The second-order valence-corrected chi connectivity index (χ2v) is 6.98. The maximum atomic E-state index is 12.1. The quantitative estimate of drug-likeness (QED) is 0.631. The van der Waals surface area contributed by atoms with Crippen LogP contribution >= 0.6 is 0 Å². The van der Waals surface area contributed by atoms with Gasteiger partial charge in [-0.1, -0.05) is 19.4 Å². The number of fused-ring (bicyclic) bond motifs is 1. The molecule has 0 aromatic carbocycles. The van der Waals surface area contributed by atoms with E-state index in [9.17, 15) is 9.90 Å². The highest BCUT2D eigenvalue weighted by Crippen LogP contribution is 2.62. The predicted molar refractivity (Wildman–Crippen MR) is 75.4 cm³/mol. The summed E-state index contributed by atoms with van der Waals surface area (Å²) in [5.74, 6) is 0.333. The van der Waals surface area contributed by atoms with Crippen LogP contribution in [0.2, 0.25) is 0 Å². The van der Waals surface area contributed by atoms with Gasteiger partial charge in [-0.15, -0.1) is 0 Å². The van der Waals surface area contributed by atoms with Crippen LogP contribution in [0.3, 0.4) is 0 Å². The van der Waals surface area contributed by atoms with Crippen molar-refractivity contribution in [3.05, 3.63) is 11.6 Å². The lowest BCUT2D eigenvalue weighted by Gasteiger charge is -2.57. The highest BCUT2D eigenvalue weighted by Gasteiger charge is 2.60. The van der Waals surface area contributed by atoms with Gasteiger partial charge in [-0.05, 0) is 18.4 Å². The number of allylic oxidation sites excluding steroid dienone is 1. The third-order valence-electron chi connectivity index (χ3n) is 5.66. The van der Waals surface area contributed by atoms with Gasteiger partial charge in [0.15, 0.2) is 12.1 Å². The standard InChI is InChI=1S/C16H24O5/c1-10-12-6-16(7-14(18)21-12)5-11(17)4-13(16)15(10,2)8-20-9-19-3/h4,10,12,14,18H,5-9H2,1-3H3/t10-,12-,14?,15-,16-/m0/s1. The third-order valence-corrected chi connectivity index (χ3v) is 5.66. The maximum absolute atomic E-state index is 12.1. The monoisotopic (exact) mass is 296 g/mol. The summed E-state index contributed by atoms with van der Waals surface area (Å²) in [6.45, 7) is 5.00. The lowest BCUT2D eigenvalue weighted by Crippen LogP contribution is -2.56. The van der Waals surface area contributed by atoms with Gasteiger partial charge in [-0.25, -0.2) is 0 Å².